The van der Waals surface area contributed by atoms with Gasteiger partial charge in [0.2, 0.25) is 0 Å². The third-order valence-electron chi connectivity index (χ3n) is 14.2. The van der Waals surface area contributed by atoms with Gasteiger partial charge in [-0.05, 0) is 128 Å². The molecule has 0 unspecified atom stereocenters. The molecule has 0 saturated heterocycles. The smallest absolute Gasteiger partial charge is 0 e. The number of hydrogen-bond acceptors (Lipinski definition) is 0. The number of allylic oxidation sites excluding steroid dienone is 4. The molecule has 4 atom stereocenters. The Morgan fingerprint density at radius 2 is 0.667 bits per heavy atom. The van der Waals surface area contributed by atoms with Crippen LogP contribution >= 0.6 is 15.8 Å². The molecule has 2 aliphatic heterocycles. The van der Waals surface area contributed by atoms with Gasteiger partial charge in [-0.2, -0.15) is 0 Å². The van der Waals surface area contributed by atoms with Crippen molar-refractivity contribution in [3.63, 3.8) is 0 Å². The molecule has 0 saturated carbocycles. The van der Waals surface area contributed by atoms with E-state index in [0.717, 1.165) is 24.2 Å². The average Bonchev–Trinajstić information content (AvgIpc) is 3.86. The second-order valence-electron chi connectivity index (χ2n) is 20.9. The molecule has 1 radical (unpaired) electrons. The molecule has 0 N–H and O–H groups in total. The quantitative estimate of drug-likeness (QED) is 0.0665. The zero-order valence-electron chi connectivity index (χ0n) is 39.5. The topological polar surface area (TPSA) is 0 Å². The Morgan fingerprint density at radius 1 is 0.391 bits per heavy atom. The van der Waals surface area contributed by atoms with E-state index in [0.29, 0.717) is 11.3 Å². The SMILES string of the molecule is C1=CC2C=CC1C2.CC(C)(C)[P@]1Cc2ccc3ccccc3c2-c2c(ccc3ccccc23)[C@@H]1[C@H]1c2ccc3ccccc3c2-c2c(ccc3ccccc23)C[P@@]1C(C)(C)C.[F][Sb-]([F])([F])([F])([F])[F].[Rh]. The van der Waals surface area contributed by atoms with E-state index in [-0.39, 0.29) is 29.8 Å². The zero-order valence-corrected chi connectivity index (χ0v) is 45.5. The fourth-order valence-corrected chi connectivity index (χ4v) is 18.7. The first-order chi connectivity index (χ1) is 32.0. The van der Waals surface area contributed by atoms with Crippen molar-refractivity contribution >= 4 is 78.4 Å². The maximum absolute atomic E-state index is 11.2. The summed E-state index contributed by atoms with van der Waals surface area (Å²) in [6, 6.07) is 56.5. The minimum atomic E-state index is -11.2. The first kappa shape index (κ1) is 50.1. The molecule has 0 aromatic heterocycles. The van der Waals surface area contributed by atoms with Gasteiger partial charge in [0.05, 0.1) is 0 Å². The Kier molecular flexibility index (Phi) is 12.9. The summed E-state index contributed by atoms with van der Waals surface area (Å²) in [5, 5.41) is 11.1. The van der Waals surface area contributed by atoms with E-state index in [1.54, 1.807) is 11.1 Å². The third-order valence-corrected chi connectivity index (χ3v) is 21.8. The van der Waals surface area contributed by atoms with Crippen LogP contribution in [0.4, 0.5) is 16.9 Å². The fraction of sp³-hybridized carbons (Fsp3) is 0.254. The Hall–Kier alpha value is -3.84. The molecular weight excluding hydrogens is 1110 g/mol. The van der Waals surface area contributed by atoms with Crippen molar-refractivity contribution in [2.45, 2.75) is 81.9 Å². The molecule has 2 bridgehead atoms. The third kappa shape index (κ3) is 10.4. The standard InChI is InChI=1S/C52H48P2.C7H8.6FH.Rh.Sb/c1-51(2,3)53-31-37-25-23-33-15-7-11-19-39(33)45(37)47-41-21-13-9-17-35(41)27-29-43(47)49(53)50-44-30-28-36-18-10-14-22-42(36)48(44)46-38(32-54(50)52(4,5)6)26-24-34-16-8-12-20-40(34)46;1-2-7-4-3-6(1)5-7;;;;;;;;/h7-30,49-50H,31-32H2,1-6H3;1-4,6-7H,5H2;6*1H;;/q;;;;;;;;;+5/p-6/t49-,50-,53-,54-;;;;;;;;;/m1........./s1. The number of halogens is 6. The summed E-state index contributed by atoms with van der Waals surface area (Å²) in [7, 11) is -1.11. The van der Waals surface area contributed by atoms with Gasteiger partial charge in [-0.1, -0.05) is 227 Å². The Bertz CT molecular complexity index is 3120. The first-order valence-electron chi connectivity index (χ1n) is 23.5. The van der Waals surface area contributed by atoms with E-state index in [1.165, 1.54) is 82.9 Å². The van der Waals surface area contributed by atoms with Crippen LogP contribution in [0, 0.1) is 11.8 Å². The molecule has 69 heavy (non-hydrogen) atoms. The van der Waals surface area contributed by atoms with Crippen LogP contribution in [-0.2, 0) is 31.8 Å². The minimum absolute atomic E-state index is 0. The summed E-state index contributed by atoms with van der Waals surface area (Å²) in [5.41, 5.74) is 12.8. The van der Waals surface area contributed by atoms with Crippen molar-refractivity contribution in [3.8, 4) is 22.3 Å². The van der Waals surface area contributed by atoms with Gasteiger partial charge >= 0.3 is 36.4 Å². The first-order valence-corrected chi connectivity index (χ1v) is 32.5. The van der Waals surface area contributed by atoms with Gasteiger partial charge in [0, 0.05) is 30.8 Å². The molecule has 2 heterocycles. The Balaban J connectivity index is 0.000000341. The molecular formula is C59H56F6P2RhSb-. The average molecular weight is 1170 g/mol. The molecule has 8 aromatic rings. The Morgan fingerprint density at radius 3 is 0.942 bits per heavy atom. The molecule has 0 amide bonds. The maximum atomic E-state index is 9.93. The van der Waals surface area contributed by atoms with Crippen molar-refractivity contribution in [1.82, 2.24) is 0 Å². The normalized spacial score (nSPS) is 22.3. The molecule has 359 valence electrons. The van der Waals surface area contributed by atoms with E-state index in [1.807, 2.05) is 0 Å². The van der Waals surface area contributed by atoms with Crippen molar-refractivity contribution in [1.29, 1.82) is 0 Å². The largest absolute Gasteiger partial charge is 0 e. The van der Waals surface area contributed by atoms with Gasteiger partial charge in [-0.25, -0.2) is 0 Å². The van der Waals surface area contributed by atoms with E-state index >= 15 is 0 Å². The summed E-state index contributed by atoms with van der Waals surface area (Å²) in [5.74, 6) is 1.62. The van der Waals surface area contributed by atoms with Crippen LogP contribution < -0.4 is 0 Å². The predicted molar refractivity (Wildman–Crippen MR) is 282 cm³/mol. The van der Waals surface area contributed by atoms with Crippen LogP contribution in [-0.4, -0.2) is 29.8 Å². The van der Waals surface area contributed by atoms with Crippen LogP contribution in [0.25, 0.3) is 65.3 Å². The molecule has 0 nitrogen and oxygen atoms in total. The van der Waals surface area contributed by atoms with Crippen molar-refractivity contribution in [2.75, 3.05) is 0 Å². The van der Waals surface area contributed by atoms with Crippen molar-refractivity contribution in [3.05, 3.63) is 192 Å². The van der Waals surface area contributed by atoms with Crippen LogP contribution in [0.15, 0.2) is 170 Å². The summed E-state index contributed by atoms with van der Waals surface area (Å²) in [6.07, 6.45) is 12.8. The van der Waals surface area contributed by atoms with Crippen molar-refractivity contribution < 1.29 is 36.4 Å². The van der Waals surface area contributed by atoms with E-state index in [9.17, 15) is 16.9 Å². The number of fused-ring (bicyclic) bond motifs is 16. The van der Waals surface area contributed by atoms with Crippen LogP contribution in [0.3, 0.4) is 0 Å². The van der Waals surface area contributed by atoms with Gasteiger partial charge in [0.25, 0.3) is 0 Å². The fourth-order valence-electron chi connectivity index (χ4n) is 11.3. The van der Waals surface area contributed by atoms with Gasteiger partial charge in [0.15, 0.2) is 0 Å². The second kappa shape index (κ2) is 17.7. The summed E-state index contributed by atoms with van der Waals surface area (Å²) in [6.45, 7) is 15.3. The van der Waals surface area contributed by atoms with Crippen LogP contribution in [0.2, 0.25) is 0 Å². The zero-order chi connectivity index (χ0) is 48.0. The van der Waals surface area contributed by atoms with E-state index in [2.05, 4.69) is 211 Å². The van der Waals surface area contributed by atoms with Gasteiger partial charge in [0.1, 0.15) is 0 Å². The Labute approximate surface area is 419 Å². The number of hydrogen-bond donors (Lipinski definition) is 0. The maximum Gasteiger partial charge on any atom is 0 e. The number of rotatable bonds is 1. The van der Waals surface area contributed by atoms with E-state index < -0.39 is 35.3 Å². The van der Waals surface area contributed by atoms with Crippen molar-refractivity contribution in [2.24, 2.45) is 11.8 Å². The summed E-state index contributed by atoms with van der Waals surface area (Å²) >= 11 is -11.2. The molecule has 0 spiro atoms. The monoisotopic (exact) mass is 1160 g/mol. The molecule has 8 aromatic carbocycles. The summed E-state index contributed by atoms with van der Waals surface area (Å²) < 4.78 is 59.6. The predicted octanol–water partition coefficient (Wildman–Crippen LogP) is 19.9. The molecule has 0 fully saturated rings. The van der Waals surface area contributed by atoms with E-state index in [4.69, 9.17) is 0 Å². The van der Waals surface area contributed by atoms with Crippen LogP contribution in [0.5, 0.6) is 0 Å². The molecule has 10 heteroatoms. The second-order valence-corrected chi connectivity index (χ2v) is 32.7. The molecule has 4 aliphatic rings. The molecule has 2 aliphatic carbocycles. The van der Waals surface area contributed by atoms with Gasteiger partial charge in [-0.3, -0.25) is 0 Å². The molecule has 12 rings (SSSR count). The van der Waals surface area contributed by atoms with Crippen LogP contribution in [0.1, 0.15) is 81.5 Å². The minimum Gasteiger partial charge on any atom is 0 e. The number of benzene rings is 8. The van der Waals surface area contributed by atoms with Gasteiger partial charge < -0.3 is 0 Å². The van der Waals surface area contributed by atoms with Gasteiger partial charge in [-0.15, -0.1) is 0 Å². The summed E-state index contributed by atoms with van der Waals surface area (Å²) in [4.78, 5) is 0.